The van der Waals surface area contributed by atoms with Crippen LogP contribution in [0.2, 0.25) is 0 Å². The molecule has 0 spiro atoms. The van der Waals surface area contributed by atoms with Crippen LogP contribution in [0, 0.1) is 11.3 Å². The fourth-order valence-corrected chi connectivity index (χ4v) is 2.59. The van der Waals surface area contributed by atoms with Gasteiger partial charge < -0.3 is 10.4 Å². The number of aliphatic hydroxyl groups is 1. The summed E-state index contributed by atoms with van der Waals surface area (Å²) in [5, 5.41) is 12.9. The van der Waals surface area contributed by atoms with Gasteiger partial charge in [0.25, 0.3) is 11.5 Å². The van der Waals surface area contributed by atoms with Crippen LogP contribution in [0.25, 0.3) is 5.65 Å². The van der Waals surface area contributed by atoms with Crippen LogP contribution >= 0.6 is 0 Å². The van der Waals surface area contributed by atoms with Gasteiger partial charge in [-0.2, -0.15) is 0 Å². The summed E-state index contributed by atoms with van der Waals surface area (Å²) in [4.78, 5) is 28.8. The monoisotopic (exact) mass is 317 g/mol. The molecule has 0 bridgehead atoms. The van der Waals surface area contributed by atoms with Gasteiger partial charge in [0.05, 0.1) is 6.10 Å². The molecule has 0 aliphatic carbocycles. The average molecular weight is 317 g/mol. The van der Waals surface area contributed by atoms with E-state index in [2.05, 4.69) is 10.3 Å². The van der Waals surface area contributed by atoms with E-state index >= 15 is 0 Å². The lowest BCUT2D eigenvalue weighted by Gasteiger charge is -2.33. The molecule has 0 saturated carbocycles. The molecule has 6 heteroatoms. The van der Waals surface area contributed by atoms with Crippen molar-refractivity contribution in [3.8, 4) is 0 Å². The molecule has 1 unspecified atom stereocenters. The maximum absolute atomic E-state index is 12.3. The Morgan fingerprint density at radius 2 is 2.09 bits per heavy atom. The second-order valence-electron chi connectivity index (χ2n) is 6.77. The first-order valence-electron chi connectivity index (χ1n) is 7.66. The van der Waals surface area contributed by atoms with Crippen molar-refractivity contribution in [3.05, 3.63) is 46.5 Å². The lowest BCUT2D eigenvalue weighted by Crippen LogP contribution is -2.44. The molecule has 1 atom stereocenters. The maximum atomic E-state index is 12.3. The van der Waals surface area contributed by atoms with Crippen LogP contribution in [0.1, 0.15) is 38.1 Å². The van der Waals surface area contributed by atoms with E-state index in [0.29, 0.717) is 5.65 Å². The highest BCUT2D eigenvalue weighted by molar-refractivity contribution is 5.93. The summed E-state index contributed by atoms with van der Waals surface area (Å²) >= 11 is 0. The number of carbonyl (C=O) groups is 1. The van der Waals surface area contributed by atoms with Gasteiger partial charge in [-0.25, -0.2) is 4.98 Å². The molecule has 0 aromatic carbocycles. The Morgan fingerprint density at radius 3 is 2.74 bits per heavy atom. The molecule has 23 heavy (non-hydrogen) atoms. The molecule has 2 aromatic heterocycles. The maximum Gasteiger partial charge on any atom is 0.270 e. The van der Waals surface area contributed by atoms with E-state index in [9.17, 15) is 14.7 Å². The Kier molecular flexibility index (Phi) is 4.85. The highest BCUT2D eigenvalue weighted by Gasteiger charge is 2.30. The van der Waals surface area contributed by atoms with Crippen molar-refractivity contribution in [3.63, 3.8) is 0 Å². The van der Waals surface area contributed by atoms with Crippen LogP contribution in [0.4, 0.5) is 0 Å². The Balaban J connectivity index is 2.19. The summed E-state index contributed by atoms with van der Waals surface area (Å²) in [6, 6.07) is 5.18. The normalized spacial score (nSPS) is 13.3. The molecule has 0 saturated heterocycles. The lowest BCUT2D eigenvalue weighted by molar-refractivity contribution is 0.0138. The standard InChI is InChI=1S/C17H23N3O3/c1-11(2)14(21)17(3,4)10-19-15(22)12-9-18-13-7-5-6-8-20(13)16(12)23/h5-9,11,14,21H,10H2,1-4H3,(H,19,22). The Morgan fingerprint density at radius 1 is 1.39 bits per heavy atom. The lowest BCUT2D eigenvalue weighted by atomic mass is 9.80. The zero-order valence-electron chi connectivity index (χ0n) is 13.9. The molecular formula is C17H23N3O3. The fraction of sp³-hybridized carbons (Fsp3) is 0.471. The summed E-state index contributed by atoms with van der Waals surface area (Å²) < 4.78 is 1.34. The van der Waals surface area contributed by atoms with Crippen molar-refractivity contribution in [1.82, 2.24) is 14.7 Å². The molecule has 0 radical (unpaired) electrons. The topological polar surface area (TPSA) is 83.7 Å². The number of aliphatic hydroxyl groups excluding tert-OH is 1. The number of aromatic nitrogens is 2. The molecule has 124 valence electrons. The second kappa shape index (κ2) is 6.50. The minimum atomic E-state index is -0.557. The predicted octanol–water partition coefficient (Wildman–Crippen LogP) is 1.47. The SMILES string of the molecule is CC(C)C(O)C(C)(C)CNC(=O)c1cnc2ccccn2c1=O. The molecule has 2 rings (SSSR count). The van der Waals surface area contributed by atoms with Crippen molar-refractivity contribution in [2.24, 2.45) is 11.3 Å². The first kappa shape index (κ1) is 17.1. The molecule has 2 heterocycles. The van der Waals surface area contributed by atoms with Crippen LogP contribution in [0.15, 0.2) is 35.4 Å². The smallest absolute Gasteiger partial charge is 0.270 e. The van der Waals surface area contributed by atoms with E-state index in [1.54, 1.807) is 24.4 Å². The Labute approximate surface area is 135 Å². The van der Waals surface area contributed by atoms with Crippen molar-refractivity contribution >= 4 is 11.6 Å². The van der Waals surface area contributed by atoms with E-state index in [1.165, 1.54) is 10.6 Å². The van der Waals surface area contributed by atoms with Gasteiger partial charge in [-0.1, -0.05) is 33.8 Å². The highest BCUT2D eigenvalue weighted by atomic mass is 16.3. The number of amides is 1. The summed E-state index contributed by atoms with van der Waals surface area (Å²) in [6.45, 7) is 7.87. The number of fused-ring (bicyclic) bond motifs is 1. The third-order valence-electron chi connectivity index (χ3n) is 3.99. The minimum absolute atomic E-state index is 0.0106. The van der Waals surface area contributed by atoms with E-state index < -0.39 is 23.0 Å². The van der Waals surface area contributed by atoms with Crippen molar-refractivity contribution in [1.29, 1.82) is 0 Å². The van der Waals surface area contributed by atoms with Crippen LogP contribution in [0.5, 0.6) is 0 Å². The summed E-state index contributed by atoms with van der Waals surface area (Å²) in [6.07, 6.45) is 2.31. The quantitative estimate of drug-likeness (QED) is 0.874. The predicted molar refractivity (Wildman–Crippen MR) is 88.4 cm³/mol. The molecule has 2 N–H and O–H groups in total. The number of nitrogens with one attached hydrogen (secondary N) is 1. The van der Waals surface area contributed by atoms with E-state index in [1.807, 2.05) is 27.7 Å². The summed E-state index contributed by atoms with van der Waals surface area (Å²) in [5.74, 6) is -0.403. The van der Waals surface area contributed by atoms with Crippen molar-refractivity contribution in [2.75, 3.05) is 6.54 Å². The Bertz CT molecular complexity index is 765. The molecular weight excluding hydrogens is 294 g/mol. The molecule has 1 amide bonds. The number of hydrogen-bond acceptors (Lipinski definition) is 4. The number of rotatable bonds is 5. The second-order valence-corrected chi connectivity index (χ2v) is 6.77. The molecule has 0 fully saturated rings. The van der Waals surface area contributed by atoms with Gasteiger partial charge in [0.2, 0.25) is 0 Å². The van der Waals surface area contributed by atoms with Crippen molar-refractivity contribution in [2.45, 2.75) is 33.8 Å². The van der Waals surface area contributed by atoms with Gasteiger partial charge in [0.1, 0.15) is 11.2 Å². The van der Waals surface area contributed by atoms with Gasteiger partial charge >= 0.3 is 0 Å². The van der Waals surface area contributed by atoms with Gasteiger partial charge in [-0.15, -0.1) is 0 Å². The van der Waals surface area contributed by atoms with Gasteiger partial charge in [0, 0.05) is 24.4 Å². The van der Waals surface area contributed by atoms with E-state index in [-0.39, 0.29) is 18.0 Å². The van der Waals surface area contributed by atoms with Crippen LogP contribution < -0.4 is 10.9 Å². The summed E-state index contributed by atoms with van der Waals surface area (Å²) in [5.41, 5.74) is -0.423. The number of pyridine rings is 1. The number of hydrogen-bond donors (Lipinski definition) is 2. The van der Waals surface area contributed by atoms with Crippen LogP contribution in [0.3, 0.4) is 0 Å². The zero-order chi connectivity index (χ0) is 17.2. The molecule has 0 aliphatic heterocycles. The minimum Gasteiger partial charge on any atom is -0.392 e. The van der Waals surface area contributed by atoms with Gasteiger partial charge in [-0.3, -0.25) is 14.0 Å². The van der Waals surface area contributed by atoms with Gasteiger partial charge in [0.15, 0.2) is 0 Å². The average Bonchev–Trinajstić information content (AvgIpc) is 2.52. The number of carbonyl (C=O) groups excluding carboxylic acids is 1. The largest absolute Gasteiger partial charge is 0.392 e. The third-order valence-corrected chi connectivity index (χ3v) is 3.99. The molecule has 6 nitrogen and oxygen atoms in total. The van der Waals surface area contributed by atoms with Crippen LogP contribution in [-0.4, -0.2) is 33.0 Å². The van der Waals surface area contributed by atoms with Crippen molar-refractivity contribution < 1.29 is 9.90 Å². The fourth-order valence-electron chi connectivity index (χ4n) is 2.59. The summed E-state index contributed by atoms with van der Waals surface area (Å²) in [7, 11) is 0. The first-order valence-corrected chi connectivity index (χ1v) is 7.66. The molecule has 2 aromatic rings. The van der Waals surface area contributed by atoms with Gasteiger partial charge in [-0.05, 0) is 18.1 Å². The molecule has 0 aliphatic rings. The highest BCUT2D eigenvalue weighted by Crippen LogP contribution is 2.25. The number of nitrogens with zero attached hydrogens (tertiary/aromatic N) is 2. The van der Waals surface area contributed by atoms with E-state index in [0.717, 1.165) is 0 Å². The van der Waals surface area contributed by atoms with Crippen LogP contribution in [-0.2, 0) is 0 Å². The third kappa shape index (κ3) is 3.59. The first-order chi connectivity index (χ1) is 10.7. The zero-order valence-corrected chi connectivity index (χ0v) is 13.9. The Hall–Kier alpha value is -2.21. The van der Waals surface area contributed by atoms with E-state index in [4.69, 9.17) is 0 Å².